The van der Waals surface area contributed by atoms with Gasteiger partial charge in [0.25, 0.3) is 0 Å². The van der Waals surface area contributed by atoms with Crippen LogP contribution < -0.4 is 0 Å². The van der Waals surface area contributed by atoms with Crippen LogP contribution in [0.5, 0.6) is 0 Å². The predicted octanol–water partition coefficient (Wildman–Crippen LogP) is 1.94. The Morgan fingerprint density at radius 2 is 1.88 bits per heavy atom. The lowest BCUT2D eigenvalue weighted by molar-refractivity contribution is 0.00789. The summed E-state index contributed by atoms with van der Waals surface area (Å²) in [5.41, 5.74) is 2.74. The fraction of sp³-hybridized carbons (Fsp3) is 0.550. The smallest absolute Gasteiger partial charge is 0.0594 e. The zero-order chi connectivity index (χ0) is 17.1. The normalized spacial score (nSPS) is 25.5. The summed E-state index contributed by atoms with van der Waals surface area (Å²) >= 11 is 0. The minimum absolute atomic E-state index is 0.556. The molecule has 1 aromatic carbocycles. The first kappa shape index (κ1) is 16.8. The van der Waals surface area contributed by atoms with E-state index in [9.17, 15) is 0 Å². The van der Waals surface area contributed by atoms with Gasteiger partial charge in [0.15, 0.2) is 0 Å². The average molecular weight is 340 g/mol. The highest BCUT2D eigenvalue weighted by Gasteiger charge is 2.38. The van der Waals surface area contributed by atoms with Gasteiger partial charge in [0, 0.05) is 57.1 Å². The predicted molar refractivity (Wildman–Crippen MR) is 98.3 cm³/mol. The van der Waals surface area contributed by atoms with Crippen LogP contribution >= 0.6 is 0 Å². The van der Waals surface area contributed by atoms with Crippen molar-refractivity contribution in [1.29, 1.82) is 0 Å². The Morgan fingerprint density at radius 1 is 1.08 bits per heavy atom. The molecule has 2 aliphatic heterocycles. The van der Waals surface area contributed by atoms with Crippen molar-refractivity contribution < 1.29 is 4.74 Å². The molecule has 134 valence electrons. The first-order valence-electron chi connectivity index (χ1n) is 9.37. The Bertz CT molecular complexity index is 665. The Kier molecular flexibility index (Phi) is 5.15. The van der Waals surface area contributed by atoms with E-state index in [2.05, 4.69) is 51.4 Å². The lowest BCUT2D eigenvalue weighted by Gasteiger charge is -2.37. The van der Waals surface area contributed by atoms with E-state index in [1.54, 1.807) is 0 Å². The van der Waals surface area contributed by atoms with Gasteiger partial charge in [0.1, 0.15) is 0 Å². The van der Waals surface area contributed by atoms with Crippen molar-refractivity contribution in [3.05, 3.63) is 53.9 Å². The minimum atomic E-state index is 0.556. The van der Waals surface area contributed by atoms with Crippen LogP contribution in [0.15, 0.2) is 42.7 Å². The quantitative estimate of drug-likeness (QED) is 0.833. The Labute approximate surface area is 150 Å². The van der Waals surface area contributed by atoms with Crippen LogP contribution in [0.2, 0.25) is 0 Å². The summed E-state index contributed by atoms with van der Waals surface area (Å²) in [5, 5.41) is 4.34. The molecule has 1 aromatic heterocycles. The second-order valence-electron chi connectivity index (χ2n) is 7.25. The van der Waals surface area contributed by atoms with Gasteiger partial charge in [0.2, 0.25) is 0 Å². The number of likely N-dealkylation sites (tertiary alicyclic amines) is 1. The topological polar surface area (TPSA) is 33.5 Å². The van der Waals surface area contributed by atoms with E-state index in [1.807, 2.05) is 17.9 Å². The molecular weight excluding hydrogens is 312 g/mol. The van der Waals surface area contributed by atoms with Crippen molar-refractivity contribution in [2.75, 3.05) is 32.8 Å². The molecule has 0 bridgehead atoms. The molecule has 2 saturated heterocycles. The highest BCUT2D eigenvalue weighted by Crippen LogP contribution is 2.28. The molecule has 2 aromatic rings. The maximum absolute atomic E-state index is 5.57. The molecule has 0 unspecified atom stereocenters. The molecule has 0 N–H and O–H groups in total. The van der Waals surface area contributed by atoms with Gasteiger partial charge in [-0.05, 0) is 18.4 Å². The molecule has 2 aliphatic rings. The number of nitrogens with zero attached hydrogens (tertiary/aromatic N) is 4. The molecule has 0 saturated carbocycles. The molecule has 4 rings (SSSR count). The van der Waals surface area contributed by atoms with Crippen LogP contribution in [-0.2, 0) is 24.8 Å². The average Bonchev–Trinajstić information content (AvgIpc) is 3.23. The van der Waals surface area contributed by atoms with Gasteiger partial charge in [0.05, 0.1) is 19.4 Å². The van der Waals surface area contributed by atoms with E-state index >= 15 is 0 Å². The number of aromatic nitrogens is 2. The zero-order valence-electron chi connectivity index (χ0n) is 15.1. The summed E-state index contributed by atoms with van der Waals surface area (Å²) in [6, 6.07) is 12.1. The van der Waals surface area contributed by atoms with Crippen molar-refractivity contribution in [2.24, 2.45) is 7.05 Å². The maximum atomic E-state index is 5.57. The number of ether oxygens (including phenoxy) is 1. The minimum Gasteiger partial charge on any atom is -0.379 e. The highest BCUT2D eigenvalue weighted by molar-refractivity contribution is 5.18. The molecule has 5 heteroatoms. The van der Waals surface area contributed by atoms with E-state index < -0.39 is 0 Å². The van der Waals surface area contributed by atoms with Crippen molar-refractivity contribution in [3.8, 4) is 0 Å². The van der Waals surface area contributed by atoms with Gasteiger partial charge < -0.3 is 4.74 Å². The molecular formula is C20H28N4O. The van der Waals surface area contributed by atoms with E-state index in [0.717, 1.165) is 45.8 Å². The third-order valence-corrected chi connectivity index (χ3v) is 5.57. The van der Waals surface area contributed by atoms with Gasteiger partial charge in [-0.2, -0.15) is 5.10 Å². The number of hydrogen-bond donors (Lipinski definition) is 0. The van der Waals surface area contributed by atoms with Crippen LogP contribution in [0.4, 0.5) is 0 Å². The van der Waals surface area contributed by atoms with Gasteiger partial charge >= 0.3 is 0 Å². The largest absolute Gasteiger partial charge is 0.379 e. The summed E-state index contributed by atoms with van der Waals surface area (Å²) in [6.07, 6.45) is 6.50. The molecule has 0 aliphatic carbocycles. The number of aryl methyl sites for hydroxylation is 1. The lowest BCUT2D eigenvalue weighted by Crippen LogP contribution is -2.50. The molecule has 5 nitrogen and oxygen atoms in total. The molecule has 25 heavy (non-hydrogen) atoms. The lowest BCUT2D eigenvalue weighted by atomic mass is 9.98. The van der Waals surface area contributed by atoms with E-state index in [0.29, 0.717) is 12.1 Å². The molecule has 2 fully saturated rings. The third-order valence-electron chi connectivity index (χ3n) is 5.57. The van der Waals surface area contributed by atoms with E-state index in [4.69, 9.17) is 4.74 Å². The van der Waals surface area contributed by atoms with Crippen molar-refractivity contribution >= 4 is 0 Å². The summed E-state index contributed by atoms with van der Waals surface area (Å²) in [5.74, 6) is 0. The van der Waals surface area contributed by atoms with Gasteiger partial charge in [-0.25, -0.2) is 0 Å². The number of rotatable bonds is 5. The number of benzene rings is 1. The number of hydrogen-bond acceptors (Lipinski definition) is 4. The van der Waals surface area contributed by atoms with Crippen molar-refractivity contribution in [1.82, 2.24) is 19.6 Å². The molecule has 0 amide bonds. The fourth-order valence-electron chi connectivity index (χ4n) is 4.34. The van der Waals surface area contributed by atoms with Crippen molar-refractivity contribution in [2.45, 2.75) is 31.5 Å². The zero-order valence-corrected chi connectivity index (χ0v) is 15.1. The van der Waals surface area contributed by atoms with Crippen LogP contribution in [0.1, 0.15) is 17.5 Å². The van der Waals surface area contributed by atoms with E-state index in [1.165, 1.54) is 17.5 Å². The van der Waals surface area contributed by atoms with Crippen molar-refractivity contribution in [3.63, 3.8) is 0 Å². The van der Waals surface area contributed by atoms with Crippen LogP contribution in [0.3, 0.4) is 0 Å². The van der Waals surface area contributed by atoms with Crippen LogP contribution in [0.25, 0.3) is 0 Å². The first-order chi connectivity index (χ1) is 12.3. The second-order valence-corrected chi connectivity index (χ2v) is 7.25. The summed E-state index contributed by atoms with van der Waals surface area (Å²) in [6.45, 7) is 6.03. The van der Waals surface area contributed by atoms with Gasteiger partial charge in [-0.3, -0.25) is 14.5 Å². The Balaban J connectivity index is 1.52. The first-order valence-corrected chi connectivity index (χ1v) is 9.37. The van der Waals surface area contributed by atoms with Gasteiger partial charge in [-0.1, -0.05) is 30.3 Å². The summed E-state index contributed by atoms with van der Waals surface area (Å²) in [7, 11) is 1.99. The molecule has 3 heterocycles. The summed E-state index contributed by atoms with van der Waals surface area (Å²) < 4.78 is 7.47. The molecule has 0 radical (unpaired) electrons. The Morgan fingerprint density at radius 3 is 2.60 bits per heavy atom. The van der Waals surface area contributed by atoms with Crippen LogP contribution in [0, 0.1) is 0 Å². The molecule has 0 spiro atoms. The molecule has 2 atom stereocenters. The monoisotopic (exact) mass is 340 g/mol. The third kappa shape index (κ3) is 3.94. The highest BCUT2D eigenvalue weighted by atomic mass is 16.5. The summed E-state index contributed by atoms with van der Waals surface area (Å²) in [4.78, 5) is 5.31. The Hall–Kier alpha value is -1.69. The number of morpholine rings is 1. The second kappa shape index (κ2) is 7.68. The SMILES string of the molecule is Cn1cc(CN2CC[C@H](N3CCOCC3)[C@H]2Cc2ccccc2)cn1. The van der Waals surface area contributed by atoms with E-state index in [-0.39, 0.29) is 0 Å². The fourth-order valence-corrected chi connectivity index (χ4v) is 4.34. The van der Waals surface area contributed by atoms with Gasteiger partial charge in [-0.15, -0.1) is 0 Å². The maximum Gasteiger partial charge on any atom is 0.0594 e. The standard InChI is InChI=1S/C20H28N4O/c1-22-15-18(14-21-22)16-24-8-7-19(23-9-11-25-12-10-23)20(24)13-17-5-3-2-4-6-17/h2-6,14-15,19-20H,7-13,16H2,1H3/t19-,20+/m0/s1. The van der Waals surface area contributed by atoms with Crippen LogP contribution in [-0.4, -0.2) is 64.5 Å².